The number of carbonyl (C=O) groups is 1. The molecule has 0 heterocycles. The van der Waals surface area contributed by atoms with Gasteiger partial charge in [0.1, 0.15) is 5.54 Å². The molecule has 1 rings (SSSR count). The van der Waals surface area contributed by atoms with E-state index in [0.717, 1.165) is 6.54 Å². The van der Waals surface area contributed by atoms with Crippen molar-refractivity contribution in [3.05, 3.63) is 0 Å². The smallest absolute Gasteiger partial charge is 0.323 e. The molecular weight excluding hydrogens is 228 g/mol. The molecule has 1 saturated carbocycles. The molecule has 4 nitrogen and oxygen atoms in total. The van der Waals surface area contributed by atoms with Gasteiger partial charge in [-0.25, -0.2) is 0 Å². The Morgan fingerprint density at radius 2 is 1.94 bits per heavy atom. The zero-order chi connectivity index (χ0) is 14.0. The zero-order valence-corrected chi connectivity index (χ0v) is 12.2. The lowest BCUT2D eigenvalue weighted by atomic mass is 9.75. The highest BCUT2D eigenvalue weighted by molar-refractivity contribution is 5.77. The fourth-order valence-electron chi connectivity index (χ4n) is 2.52. The van der Waals surface area contributed by atoms with Crippen molar-refractivity contribution in [1.29, 1.82) is 0 Å². The predicted octanol–water partition coefficient (Wildman–Crippen LogP) is 2.08. The van der Waals surface area contributed by atoms with Crippen LogP contribution < -0.4 is 5.73 Å². The van der Waals surface area contributed by atoms with Crippen molar-refractivity contribution < 1.29 is 9.90 Å². The molecule has 4 heteroatoms. The number of nitrogens with two attached hydrogens (primary N) is 1. The largest absolute Gasteiger partial charge is 0.480 e. The average Bonchev–Trinajstić information content (AvgIpc) is 2.25. The number of carboxylic acids is 1. The van der Waals surface area contributed by atoms with Crippen LogP contribution in [-0.2, 0) is 4.79 Å². The summed E-state index contributed by atoms with van der Waals surface area (Å²) in [6.07, 6.45) is 5.41. The van der Waals surface area contributed by atoms with Crippen molar-refractivity contribution in [1.82, 2.24) is 4.90 Å². The Bertz CT molecular complexity index is 290. The van der Waals surface area contributed by atoms with Crippen molar-refractivity contribution in [2.45, 2.75) is 64.5 Å². The number of carboxylic acid groups (broad SMARTS) is 1. The van der Waals surface area contributed by atoms with Gasteiger partial charge in [0.15, 0.2) is 0 Å². The maximum Gasteiger partial charge on any atom is 0.323 e. The molecule has 3 N–H and O–H groups in total. The predicted molar refractivity (Wildman–Crippen MR) is 73.5 cm³/mol. The molecule has 0 spiro atoms. The van der Waals surface area contributed by atoms with E-state index in [0.29, 0.717) is 17.9 Å². The molecule has 0 radical (unpaired) electrons. The lowest BCUT2D eigenvalue weighted by Gasteiger charge is -2.39. The van der Waals surface area contributed by atoms with Gasteiger partial charge in [-0.05, 0) is 51.5 Å². The number of hydrogen-bond acceptors (Lipinski definition) is 3. The van der Waals surface area contributed by atoms with Crippen molar-refractivity contribution in [3.8, 4) is 0 Å². The van der Waals surface area contributed by atoms with Crippen molar-refractivity contribution in [3.63, 3.8) is 0 Å². The Labute approximate surface area is 111 Å². The Hall–Kier alpha value is -0.610. The molecule has 106 valence electrons. The molecule has 1 aliphatic rings. The molecule has 1 aliphatic carbocycles. The van der Waals surface area contributed by atoms with Gasteiger partial charge in [0.25, 0.3) is 0 Å². The fraction of sp³-hybridized carbons (Fsp3) is 0.929. The summed E-state index contributed by atoms with van der Waals surface area (Å²) >= 11 is 0. The summed E-state index contributed by atoms with van der Waals surface area (Å²) in [6.45, 7) is 6.99. The molecule has 0 aromatic carbocycles. The summed E-state index contributed by atoms with van der Waals surface area (Å²) in [5, 5.41) is 8.99. The van der Waals surface area contributed by atoms with E-state index in [1.807, 2.05) is 0 Å². The van der Waals surface area contributed by atoms with Crippen LogP contribution in [0.3, 0.4) is 0 Å². The van der Waals surface area contributed by atoms with Gasteiger partial charge in [-0.3, -0.25) is 4.79 Å². The van der Waals surface area contributed by atoms with Crippen LogP contribution in [-0.4, -0.2) is 41.1 Å². The second kappa shape index (κ2) is 5.57. The van der Waals surface area contributed by atoms with E-state index in [9.17, 15) is 4.79 Å². The Kier molecular flexibility index (Phi) is 4.78. The lowest BCUT2D eigenvalue weighted by Crippen LogP contribution is -2.48. The molecule has 0 aromatic rings. The molecule has 0 amide bonds. The summed E-state index contributed by atoms with van der Waals surface area (Å²) in [5.41, 5.74) is 5.12. The molecule has 0 saturated heterocycles. The van der Waals surface area contributed by atoms with Crippen LogP contribution in [0.1, 0.15) is 52.9 Å². The van der Waals surface area contributed by atoms with Crippen molar-refractivity contribution >= 4 is 5.97 Å². The van der Waals surface area contributed by atoms with Gasteiger partial charge < -0.3 is 15.7 Å². The normalized spacial score (nSPS) is 23.9. The fourth-order valence-corrected chi connectivity index (χ4v) is 2.52. The molecule has 1 unspecified atom stereocenters. The zero-order valence-electron chi connectivity index (χ0n) is 12.2. The summed E-state index contributed by atoms with van der Waals surface area (Å²) in [5.74, 6) is -0.916. The van der Waals surface area contributed by atoms with E-state index < -0.39 is 11.5 Å². The minimum atomic E-state index is -1.11. The van der Waals surface area contributed by atoms with Crippen LogP contribution in [0.4, 0.5) is 0 Å². The van der Waals surface area contributed by atoms with Crippen molar-refractivity contribution in [2.24, 2.45) is 11.1 Å². The topological polar surface area (TPSA) is 66.6 Å². The first kappa shape index (κ1) is 15.4. The van der Waals surface area contributed by atoms with E-state index in [2.05, 4.69) is 25.8 Å². The van der Waals surface area contributed by atoms with E-state index >= 15 is 0 Å². The van der Waals surface area contributed by atoms with Gasteiger partial charge in [0.2, 0.25) is 0 Å². The molecule has 0 aliphatic heterocycles. The first-order valence-electron chi connectivity index (χ1n) is 6.87. The Morgan fingerprint density at radius 3 is 2.39 bits per heavy atom. The summed E-state index contributed by atoms with van der Waals surface area (Å²) < 4.78 is 0. The Balaban J connectivity index is 2.38. The molecule has 18 heavy (non-hydrogen) atoms. The molecule has 1 fully saturated rings. The maximum atomic E-state index is 11.0. The summed E-state index contributed by atoms with van der Waals surface area (Å²) in [7, 11) is 2.08. The SMILES string of the molecule is CN(CCC(C)(N)C(=O)O)C1CCC(C)(C)CC1. The standard InChI is InChI=1S/C14H28N2O2/c1-13(2)7-5-11(6-8-13)16(4)10-9-14(3,15)12(17)18/h11H,5-10,15H2,1-4H3,(H,17,18). The van der Waals surface area contributed by atoms with Crippen LogP contribution in [0.25, 0.3) is 0 Å². The first-order chi connectivity index (χ1) is 8.14. The highest BCUT2D eigenvalue weighted by Gasteiger charge is 2.31. The van der Waals surface area contributed by atoms with Crippen LogP contribution in [0.5, 0.6) is 0 Å². The molecular formula is C14H28N2O2. The Morgan fingerprint density at radius 1 is 1.44 bits per heavy atom. The molecule has 0 aromatic heterocycles. The number of nitrogens with zero attached hydrogens (tertiary/aromatic N) is 1. The van der Waals surface area contributed by atoms with Gasteiger partial charge >= 0.3 is 5.97 Å². The summed E-state index contributed by atoms with van der Waals surface area (Å²) in [4.78, 5) is 13.2. The highest BCUT2D eigenvalue weighted by atomic mass is 16.4. The molecule has 0 bridgehead atoms. The van der Waals surface area contributed by atoms with E-state index in [4.69, 9.17) is 10.8 Å². The number of hydrogen-bond donors (Lipinski definition) is 2. The minimum absolute atomic E-state index is 0.473. The van der Waals surface area contributed by atoms with Crippen LogP contribution in [0, 0.1) is 5.41 Å². The van der Waals surface area contributed by atoms with Crippen LogP contribution in [0.15, 0.2) is 0 Å². The summed E-state index contributed by atoms with van der Waals surface area (Å²) in [6, 6.07) is 0.586. The van der Waals surface area contributed by atoms with E-state index in [-0.39, 0.29) is 0 Å². The maximum absolute atomic E-state index is 11.0. The van der Waals surface area contributed by atoms with Gasteiger partial charge in [0, 0.05) is 12.6 Å². The quantitative estimate of drug-likeness (QED) is 0.790. The number of rotatable bonds is 5. The third-order valence-electron chi connectivity index (χ3n) is 4.40. The second-order valence-electron chi connectivity index (χ2n) is 6.85. The van der Waals surface area contributed by atoms with E-state index in [1.165, 1.54) is 25.7 Å². The lowest BCUT2D eigenvalue weighted by molar-refractivity contribution is -0.143. The van der Waals surface area contributed by atoms with Gasteiger partial charge in [-0.2, -0.15) is 0 Å². The van der Waals surface area contributed by atoms with Gasteiger partial charge in [-0.15, -0.1) is 0 Å². The van der Waals surface area contributed by atoms with Gasteiger partial charge in [-0.1, -0.05) is 13.8 Å². The highest BCUT2D eigenvalue weighted by Crippen LogP contribution is 2.36. The van der Waals surface area contributed by atoms with Crippen LogP contribution in [0.2, 0.25) is 0 Å². The first-order valence-corrected chi connectivity index (χ1v) is 6.87. The number of aliphatic carboxylic acids is 1. The molecule has 1 atom stereocenters. The minimum Gasteiger partial charge on any atom is -0.480 e. The average molecular weight is 256 g/mol. The van der Waals surface area contributed by atoms with Crippen molar-refractivity contribution in [2.75, 3.05) is 13.6 Å². The third-order valence-corrected chi connectivity index (χ3v) is 4.40. The monoisotopic (exact) mass is 256 g/mol. The third kappa shape index (κ3) is 4.25. The van der Waals surface area contributed by atoms with Gasteiger partial charge in [0.05, 0.1) is 0 Å². The second-order valence-corrected chi connectivity index (χ2v) is 6.85. The van der Waals surface area contributed by atoms with E-state index in [1.54, 1.807) is 6.92 Å². The van der Waals surface area contributed by atoms with Crippen LogP contribution >= 0.6 is 0 Å².